The fourth-order valence-corrected chi connectivity index (χ4v) is 5.39. The van der Waals surface area contributed by atoms with E-state index >= 15 is 0 Å². The van der Waals surface area contributed by atoms with Gasteiger partial charge in [-0.3, -0.25) is 9.69 Å². The molecular formula is C21H28FN5O3S. The van der Waals surface area contributed by atoms with Crippen molar-refractivity contribution in [2.75, 3.05) is 33.7 Å². The molecule has 1 saturated heterocycles. The molecule has 2 aliphatic heterocycles. The fourth-order valence-electron chi connectivity index (χ4n) is 4.31. The van der Waals surface area contributed by atoms with Crippen molar-refractivity contribution in [2.24, 2.45) is 0 Å². The summed E-state index contributed by atoms with van der Waals surface area (Å²) in [7, 11) is -0.607. The molecule has 2 aromatic rings. The van der Waals surface area contributed by atoms with Crippen LogP contribution in [0, 0.1) is 5.82 Å². The lowest BCUT2D eigenvalue weighted by molar-refractivity contribution is 0.196. The molecule has 0 radical (unpaired) electrons. The number of piperidine rings is 1. The lowest BCUT2D eigenvalue weighted by atomic mass is 9.96. The van der Waals surface area contributed by atoms with Crippen LogP contribution < -0.4 is 5.56 Å². The summed E-state index contributed by atoms with van der Waals surface area (Å²) in [6.45, 7) is 2.79. The van der Waals surface area contributed by atoms with Gasteiger partial charge in [-0.1, -0.05) is 12.1 Å². The van der Waals surface area contributed by atoms with E-state index in [0.29, 0.717) is 30.0 Å². The van der Waals surface area contributed by atoms with Crippen LogP contribution in [0.15, 0.2) is 29.1 Å². The molecular weight excluding hydrogens is 421 g/mol. The topological polar surface area (TPSA) is 89.6 Å². The van der Waals surface area contributed by atoms with Crippen molar-refractivity contribution in [3.8, 4) is 0 Å². The van der Waals surface area contributed by atoms with Crippen LogP contribution >= 0.6 is 0 Å². The van der Waals surface area contributed by atoms with Gasteiger partial charge in [0.05, 0.1) is 11.3 Å². The Morgan fingerprint density at radius 2 is 1.97 bits per heavy atom. The monoisotopic (exact) mass is 449 g/mol. The van der Waals surface area contributed by atoms with Crippen LogP contribution in [0.3, 0.4) is 0 Å². The number of nitrogens with one attached hydrogen (secondary N) is 1. The highest BCUT2D eigenvalue weighted by Gasteiger charge is 2.32. The Bertz CT molecular complexity index is 1100. The zero-order chi connectivity index (χ0) is 22.2. The van der Waals surface area contributed by atoms with Crippen LogP contribution in [0.25, 0.3) is 0 Å². The first-order chi connectivity index (χ1) is 14.7. The molecule has 0 aliphatic carbocycles. The Morgan fingerprint density at radius 3 is 2.68 bits per heavy atom. The third kappa shape index (κ3) is 4.72. The molecule has 3 heterocycles. The highest BCUT2D eigenvalue weighted by molar-refractivity contribution is 7.86. The molecule has 0 unspecified atom stereocenters. The predicted octanol–water partition coefficient (Wildman–Crippen LogP) is 1.45. The van der Waals surface area contributed by atoms with Crippen molar-refractivity contribution >= 4 is 10.2 Å². The van der Waals surface area contributed by atoms with Crippen molar-refractivity contribution in [2.45, 2.75) is 38.3 Å². The van der Waals surface area contributed by atoms with Gasteiger partial charge in [0.1, 0.15) is 11.6 Å². The van der Waals surface area contributed by atoms with Crippen molar-refractivity contribution in [3.05, 3.63) is 63.1 Å². The number of halogens is 1. The number of benzene rings is 1. The molecule has 2 aliphatic rings. The van der Waals surface area contributed by atoms with Crippen molar-refractivity contribution in [1.82, 2.24) is 23.5 Å². The summed E-state index contributed by atoms with van der Waals surface area (Å²) in [5.41, 5.74) is 1.92. The van der Waals surface area contributed by atoms with Crippen LogP contribution in [0.2, 0.25) is 0 Å². The molecule has 0 amide bonds. The van der Waals surface area contributed by atoms with Crippen molar-refractivity contribution in [3.63, 3.8) is 0 Å². The maximum absolute atomic E-state index is 13.2. The van der Waals surface area contributed by atoms with Gasteiger partial charge in [-0.05, 0) is 37.1 Å². The molecule has 1 aromatic heterocycles. The van der Waals surface area contributed by atoms with Crippen LogP contribution in [0.1, 0.15) is 41.4 Å². The van der Waals surface area contributed by atoms with E-state index in [1.807, 2.05) is 0 Å². The molecule has 1 fully saturated rings. The van der Waals surface area contributed by atoms with Gasteiger partial charge in [0.2, 0.25) is 0 Å². The molecule has 0 saturated carbocycles. The maximum Gasteiger partial charge on any atom is 0.281 e. The lowest BCUT2D eigenvalue weighted by Crippen LogP contribution is -2.45. The predicted molar refractivity (Wildman–Crippen MR) is 115 cm³/mol. The molecule has 8 nitrogen and oxygen atoms in total. The fraction of sp³-hybridized carbons (Fsp3) is 0.524. The summed E-state index contributed by atoms with van der Waals surface area (Å²) >= 11 is 0. The van der Waals surface area contributed by atoms with E-state index in [0.717, 1.165) is 42.3 Å². The number of hydrogen-bond donors (Lipinski definition) is 1. The molecule has 1 N–H and O–H groups in total. The second-order valence-electron chi connectivity index (χ2n) is 8.45. The Balaban J connectivity index is 1.50. The average Bonchev–Trinajstić information content (AvgIpc) is 2.75. The number of likely N-dealkylation sites (tertiary alicyclic amines) is 1. The molecule has 0 spiro atoms. The maximum atomic E-state index is 13.2. The number of hydrogen-bond acceptors (Lipinski definition) is 5. The SMILES string of the molecule is CN(C)S(=O)(=O)N1CCc2nc([C@H]3CCCN(Cc4ccc(F)cc4)C3)[nH]c(=O)c2C1. The van der Waals surface area contributed by atoms with Crippen molar-refractivity contribution in [1.29, 1.82) is 0 Å². The average molecular weight is 450 g/mol. The summed E-state index contributed by atoms with van der Waals surface area (Å²) in [6.07, 6.45) is 2.34. The van der Waals surface area contributed by atoms with Gasteiger partial charge in [0.15, 0.2) is 0 Å². The van der Waals surface area contributed by atoms with Gasteiger partial charge in [0, 0.05) is 52.6 Å². The third-order valence-corrected chi connectivity index (χ3v) is 7.94. The van der Waals surface area contributed by atoms with Gasteiger partial charge in [-0.25, -0.2) is 9.37 Å². The summed E-state index contributed by atoms with van der Waals surface area (Å²) < 4.78 is 40.5. The standard InChI is InChI=1S/C21H28FN5O3S/c1-25(2)31(29,30)27-11-9-19-18(14-27)21(28)24-20(23-19)16-4-3-10-26(13-16)12-15-5-7-17(22)8-6-15/h5-8,16H,3-4,9-14H2,1-2H3,(H,23,24,28)/t16-/m0/s1. The highest BCUT2D eigenvalue weighted by Crippen LogP contribution is 2.27. The minimum Gasteiger partial charge on any atom is -0.310 e. The first kappa shape index (κ1) is 22.1. The molecule has 31 heavy (non-hydrogen) atoms. The van der Waals surface area contributed by atoms with E-state index in [9.17, 15) is 17.6 Å². The summed E-state index contributed by atoms with van der Waals surface area (Å²) in [5, 5.41) is 0. The Kier molecular flexibility index (Phi) is 6.25. The van der Waals surface area contributed by atoms with Gasteiger partial charge < -0.3 is 4.98 Å². The number of fused-ring (bicyclic) bond motifs is 1. The molecule has 0 bridgehead atoms. The number of aromatic nitrogens is 2. The zero-order valence-electron chi connectivity index (χ0n) is 17.8. The summed E-state index contributed by atoms with van der Waals surface area (Å²) in [5.74, 6) is 0.542. The van der Waals surface area contributed by atoms with Crippen molar-refractivity contribution < 1.29 is 12.8 Å². The van der Waals surface area contributed by atoms with Gasteiger partial charge in [-0.15, -0.1) is 0 Å². The van der Waals surface area contributed by atoms with E-state index in [1.54, 1.807) is 12.1 Å². The Morgan fingerprint density at radius 1 is 1.23 bits per heavy atom. The van der Waals surface area contributed by atoms with E-state index in [2.05, 4.69) is 9.88 Å². The van der Waals surface area contributed by atoms with Gasteiger partial charge in [-0.2, -0.15) is 17.0 Å². The molecule has 10 heteroatoms. The molecule has 1 aromatic carbocycles. The Labute approximate surface area is 181 Å². The highest BCUT2D eigenvalue weighted by atomic mass is 32.2. The number of H-pyrrole nitrogens is 1. The third-order valence-electron chi connectivity index (χ3n) is 6.05. The zero-order valence-corrected chi connectivity index (χ0v) is 18.7. The van der Waals surface area contributed by atoms with E-state index in [-0.39, 0.29) is 23.8 Å². The Hall–Kier alpha value is -2.14. The van der Waals surface area contributed by atoms with Gasteiger partial charge in [0.25, 0.3) is 15.8 Å². The van der Waals surface area contributed by atoms with Crippen LogP contribution in [-0.2, 0) is 29.7 Å². The quantitative estimate of drug-likeness (QED) is 0.746. The summed E-state index contributed by atoms with van der Waals surface area (Å²) in [4.78, 5) is 22.8. The first-order valence-corrected chi connectivity index (χ1v) is 11.9. The van der Waals surface area contributed by atoms with Crippen LogP contribution in [-0.4, -0.2) is 65.6 Å². The van der Waals surface area contributed by atoms with E-state index < -0.39 is 10.2 Å². The largest absolute Gasteiger partial charge is 0.310 e. The lowest BCUT2D eigenvalue weighted by Gasteiger charge is -2.33. The minimum atomic E-state index is -3.57. The normalized spacial score (nSPS) is 20.7. The number of rotatable bonds is 5. The van der Waals surface area contributed by atoms with Crippen LogP contribution in [0.4, 0.5) is 4.39 Å². The smallest absolute Gasteiger partial charge is 0.281 e. The molecule has 168 valence electrons. The summed E-state index contributed by atoms with van der Waals surface area (Å²) in [6, 6.07) is 6.54. The van der Waals surface area contributed by atoms with E-state index in [1.165, 1.54) is 30.5 Å². The number of aromatic amines is 1. The van der Waals surface area contributed by atoms with E-state index in [4.69, 9.17) is 4.98 Å². The second kappa shape index (κ2) is 8.78. The van der Waals surface area contributed by atoms with Gasteiger partial charge >= 0.3 is 0 Å². The number of nitrogens with zero attached hydrogens (tertiary/aromatic N) is 4. The first-order valence-electron chi connectivity index (χ1n) is 10.5. The second-order valence-corrected chi connectivity index (χ2v) is 10.6. The van der Waals surface area contributed by atoms with Crippen LogP contribution in [0.5, 0.6) is 0 Å². The minimum absolute atomic E-state index is 0.0415. The molecule has 1 atom stereocenters. The molecule has 4 rings (SSSR count).